The Bertz CT molecular complexity index is 1040. The fourth-order valence-electron chi connectivity index (χ4n) is 2.57. The smallest absolute Gasteiger partial charge is 0.340 e. The van der Waals surface area contributed by atoms with Crippen molar-refractivity contribution >= 4 is 56.7 Å². The molecule has 132 valence electrons. The molecule has 3 aromatic rings. The van der Waals surface area contributed by atoms with Crippen molar-refractivity contribution in [1.82, 2.24) is 9.97 Å². The summed E-state index contributed by atoms with van der Waals surface area (Å²) in [7, 11) is 0. The van der Waals surface area contributed by atoms with Crippen molar-refractivity contribution in [3.63, 3.8) is 0 Å². The molecule has 26 heavy (non-hydrogen) atoms. The van der Waals surface area contributed by atoms with Crippen LogP contribution in [0.4, 0.5) is 17.1 Å². The highest BCUT2D eigenvalue weighted by Gasteiger charge is 2.25. The molecule has 2 aromatic carbocycles. The Morgan fingerprint density at radius 2 is 1.92 bits per heavy atom. The molecule has 1 aromatic heterocycles. The molecule has 10 heteroatoms. The number of hydrogen-bond donors (Lipinski definition) is 3. The lowest BCUT2D eigenvalue weighted by Gasteiger charge is -2.14. The van der Waals surface area contributed by atoms with Gasteiger partial charge in [-0.25, -0.2) is 9.78 Å². The van der Waals surface area contributed by atoms with Crippen LogP contribution in [-0.2, 0) is 6.54 Å². The number of halogens is 1. The Morgan fingerprint density at radius 3 is 2.54 bits per heavy atom. The van der Waals surface area contributed by atoms with Gasteiger partial charge in [0.1, 0.15) is 11.1 Å². The van der Waals surface area contributed by atoms with Crippen LogP contribution in [0.5, 0.6) is 0 Å². The number of rotatable bonds is 5. The van der Waals surface area contributed by atoms with E-state index < -0.39 is 10.9 Å². The number of nitro groups is 1. The highest BCUT2D eigenvalue weighted by Crippen LogP contribution is 2.34. The predicted molar refractivity (Wildman–Crippen MR) is 103 cm³/mol. The summed E-state index contributed by atoms with van der Waals surface area (Å²) in [5, 5.41) is 24.0. The number of anilines is 2. The van der Waals surface area contributed by atoms with Gasteiger partial charge in [-0.05, 0) is 46.4 Å². The third-order valence-electron chi connectivity index (χ3n) is 3.70. The maximum Gasteiger partial charge on any atom is 0.340 e. The van der Waals surface area contributed by atoms with Crippen LogP contribution in [-0.4, -0.2) is 26.0 Å². The van der Waals surface area contributed by atoms with E-state index in [0.717, 1.165) is 15.2 Å². The normalized spacial score (nSPS) is 10.7. The zero-order chi connectivity index (χ0) is 18.8. The zero-order valence-electron chi connectivity index (χ0n) is 13.1. The van der Waals surface area contributed by atoms with Crippen molar-refractivity contribution in [1.29, 1.82) is 0 Å². The number of nitro benzene ring substituents is 1. The van der Waals surface area contributed by atoms with Crippen LogP contribution in [0.1, 0.15) is 15.9 Å². The summed E-state index contributed by atoms with van der Waals surface area (Å²) in [6, 6.07) is 6.55. The topological polar surface area (TPSA) is 144 Å². The fourth-order valence-corrected chi connectivity index (χ4v) is 3.12. The number of nitrogens with two attached hydrogens (primary N) is 1. The number of hydrogen-bond acceptors (Lipinski definition) is 7. The molecular weight excluding hydrogens is 453 g/mol. The number of nitrogens with zero attached hydrogens (tertiary/aromatic N) is 3. The fraction of sp³-hybridized carbons (Fsp3) is 0.0625. The van der Waals surface area contributed by atoms with E-state index in [-0.39, 0.29) is 34.5 Å². The lowest BCUT2D eigenvalue weighted by molar-refractivity contribution is -0.383. The second kappa shape index (κ2) is 7.17. The van der Waals surface area contributed by atoms with Gasteiger partial charge in [0, 0.05) is 34.3 Å². The maximum atomic E-state index is 11.8. The van der Waals surface area contributed by atoms with Crippen molar-refractivity contribution in [2.75, 3.05) is 5.32 Å². The van der Waals surface area contributed by atoms with E-state index in [0.29, 0.717) is 5.69 Å². The Labute approximate surface area is 160 Å². The molecule has 0 bridgehead atoms. The van der Waals surface area contributed by atoms with Gasteiger partial charge >= 0.3 is 5.97 Å². The monoisotopic (exact) mass is 465 g/mol. The Morgan fingerprint density at radius 1 is 1.23 bits per heavy atom. The van der Waals surface area contributed by atoms with Crippen LogP contribution in [0.15, 0.2) is 36.7 Å². The maximum absolute atomic E-state index is 11.8. The van der Waals surface area contributed by atoms with Gasteiger partial charge in [0.25, 0.3) is 5.69 Å². The summed E-state index contributed by atoms with van der Waals surface area (Å²) in [6.45, 7) is 0.219. The Balaban J connectivity index is 2.27. The van der Waals surface area contributed by atoms with E-state index in [1.165, 1.54) is 12.4 Å². The number of benzene rings is 2. The summed E-state index contributed by atoms with van der Waals surface area (Å²) >= 11 is 2.13. The molecular formula is C16H12IN5O4. The number of nitrogens with one attached hydrogen (secondary N) is 1. The molecule has 0 aliphatic carbocycles. The number of aromatic carboxylic acids is 1. The van der Waals surface area contributed by atoms with E-state index in [1.54, 1.807) is 6.07 Å². The molecule has 1 heterocycles. The zero-order valence-corrected chi connectivity index (χ0v) is 15.3. The van der Waals surface area contributed by atoms with E-state index >= 15 is 0 Å². The first-order valence-corrected chi connectivity index (χ1v) is 8.41. The van der Waals surface area contributed by atoms with Crippen LogP contribution in [0.25, 0.3) is 11.0 Å². The molecule has 3 rings (SSSR count). The molecule has 0 spiro atoms. The van der Waals surface area contributed by atoms with E-state index in [2.05, 4.69) is 37.9 Å². The highest BCUT2D eigenvalue weighted by atomic mass is 127. The van der Waals surface area contributed by atoms with E-state index in [9.17, 15) is 20.0 Å². The van der Waals surface area contributed by atoms with Crippen LogP contribution in [0.3, 0.4) is 0 Å². The number of non-ortho nitro benzene ring substituents is 1. The van der Waals surface area contributed by atoms with Gasteiger partial charge in [-0.2, -0.15) is 0 Å². The first-order valence-electron chi connectivity index (χ1n) is 7.33. The lowest BCUT2D eigenvalue weighted by Crippen LogP contribution is -2.09. The Kier molecular flexibility index (Phi) is 4.95. The summed E-state index contributed by atoms with van der Waals surface area (Å²) < 4.78 is 0.961. The summed E-state index contributed by atoms with van der Waals surface area (Å²) in [4.78, 5) is 30.5. The standard InChI is InChI=1S/C16H12IN5O4/c17-9-1-2-10(8(5-9)7-18)21-11-6-12(22(25)26)14-15(13(11)16(23)24)20-4-3-19-14/h1-6,21H,7,18H2,(H,23,24). The summed E-state index contributed by atoms with van der Waals surface area (Å²) in [5.41, 5.74) is 6.44. The lowest BCUT2D eigenvalue weighted by atomic mass is 10.1. The van der Waals surface area contributed by atoms with Gasteiger partial charge in [0.15, 0.2) is 5.52 Å². The van der Waals surface area contributed by atoms with Gasteiger partial charge < -0.3 is 16.2 Å². The molecule has 0 fully saturated rings. The van der Waals surface area contributed by atoms with Crippen LogP contribution < -0.4 is 11.1 Å². The van der Waals surface area contributed by atoms with Gasteiger partial charge in [0.05, 0.1) is 10.6 Å². The van der Waals surface area contributed by atoms with Gasteiger partial charge in [-0.1, -0.05) is 0 Å². The van der Waals surface area contributed by atoms with E-state index in [4.69, 9.17) is 5.73 Å². The molecule has 4 N–H and O–H groups in total. The van der Waals surface area contributed by atoms with Crippen molar-refractivity contribution in [2.45, 2.75) is 6.54 Å². The second-order valence-electron chi connectivity index (χ2n) is 5.26. The van der Waals surface area contributed by atoms with Crippen LogP contribution in [0.2, 0.25) is 0 Å². The molecule has 0 aliphatic heterocycles. The minimum Gasteiger partial charge on any atom is -0.478 e. The molecule has 0 radical (unpaired) electrons. The molecule has 0 saturated heterocycles. The number of fused-ring (bicyclic) bond motifs is 1. The van der Waals surface area contributed by atoms with Crippen LogP contribution >= 0.6 is 22.6 Å². The van der Waals surface area contributed by atoms with E-state index in [1.807, 2.05) is 12.1 Å². The quantitative estimate of drug-likeness (QED) is 0.296. The van der Waals surface area contributed by atoms with Gasteiger partial charge in [-0.3, -0.25) is 15.1 Å². The van der Waals surface area contributed by atoms with Crippen molar-refractivity contribution in [2.24, 2.45) is 5.73 Å². The van der Waals surface area contributed by atoms with Gasteiger partial charge in [-0.15, -0.1) is 0 Å². The van der Waals surface area contributed by atoms with Crippen molar-refractivity contribution in [3.8, 4) is 0 Å². The number of carboxylic acids is 1. The molecule has 9 nitrogen and oxygen atoms in total. The van der Waals surface area contributed by atoms with Crippen molar-refractivity contribution in [3.05, 3.63) is 61.5 Å². The van der Waals surface area contributed by atoms with Gasteiger partial charge in [0.2, 0.25) is 0 Å². The summed E-state index contributed by atoms with van der Waals surface area (Å²) in [6.07, 6.45) is 2.57. The molecule has 0 saturated carbocycles. The predicted octanol–water partition coefficient (Wildman–Crippen LogP) is 3.04. The first kappa shape index (κ1) is 17.9. The second-order valence-corrected chi connectivity index (χ2v) is 6.51. The number of carboxylic acid groups (broad SMARTS) is 1. The highest BCUT2D eigenvalue weighted by molar-refractivity contribution is 14.1. The van der Waals surface area contributed by atoms with Crippen LogP contribution in [0, 0.1) is 13.7 Å². The SMILES string of the molecule is NCc1cc(I)ccc1Nc1cc([N+](=O)[O-])c2nccnc2c1C(=O)O. The largest absolute Gasteiger partial charge is 0.478 e. The minimum atomic E-state index is -1.27. The molecule has 0 aliphatic rings. The third-order valence-corrected chi connectivity index (χ3v) is 4.37. The summed E-state index contributed by atoms with van der Waals surface area (Å²) in [5.74, 6) is -1.27. The average molecular weight is 465 g/mol. The third kappa shape index (κ3) is 3.28. The van der Waals surface area contributed by atoms with Crippen molar-refractivity contribution < 1.29 is 14.8 Å². The molecule has 0 atom stereocenters. The Hall–Kier alpha value is -2.86. The number of aromatic nitrogens is 2. The first-order chi connectivity index (χ1) is 12.4. The number of carbonyl (C=O) groups is 1. The minimum absolute atomic E-state index is 0.0492. The average Bonchev–Trinajstić information content (AvgIpc) is 2.61. The molecule has 0 unspecified atom stereocenters. The molecule has 0 amide bonds.